The van der Waals surface area contributed by atoms with Gasteiger partial charge in [0, 0.05) is 11.8 Å². The number of benzene rings is 1. The Hall–Kier alpha value is -2.01. The molecule has 0 aromatic heterocycles. The van der Waals surface area contributed by atoms with E-state index in [9.17, 15) is 14.7 Å². The monoisotopic (exact) mass is 309 g/mol. The summed E-state index contributed by atoms with van der Waals surface area (Å²) in [6.07, 6.45) is 4.44. The minimum absolute atomic E-state index is 0.309. The molecule has 1 aromatic carbocycles. The molecule has 1 amide bonds. The molecule has 0 radical (unpaired) electrons. The molecule has 0 bridgehead atoms. The fourth-order valence-corrected chi connectivity index (χ4v) is 2.54. The fourth-order valence-electron chi connectivity index (χ4n) is 2.35. The molecule has 5 nitrogen and oxygen atoms in total. The quantitative estimate of drug-likeness (QED) is 0.838. The summed E-state index contributed by atoms with van der Waals surface area (Å²) in [5.41, 5.74) is 0.528. The van der Waals surface area contributed by atoms with Crippen LogP contribution in [0.2, 0.25) is 5.02 Å². The van der Waals surface area contributed by atoms with Crippen LogP contribution in [0, 0.1) is 11.8 Å². The minimum Gasteiger partial charge on any atom is -0.495 e. The van der Waals surface area contributed by atoms with Gasteiger partial charge in [0.2, 0.25) is 5.91 Å². The summed E-state index contributed by atoms with van der Waals surface area (Å²) in [6, 6.07) is 4.87. The van der Waals surface area contributed by atoms with E-state index in [0.29, 0.717) is 29.3 Å². The summed E-state index contributed by atoms with van der Waals surface area (Å²) < 4.78 is 5.08. The van der Waals surface area contributed by atoms with Crippen molar-refractivity contribution in [3.05, 3.63) is 35.4 Å². The predicted molar refractivity (Wildman–Crippen MR) is 79.6 cm³/mol. The third-order valence-electron chi connectivity index (χ3n) is 3.51. The zero-order chi connectivity index (χ0) is 15.4. The largest absolute Gasteiger partial charge is 0.495 e. The molecule has 2 unspecified atom stereocenters. The molecule has 2 atom stereocenters. The van der Waals surface area contributed by atoms with E-state index in [-0.39, 0.29) is 5.91 Å². The fraction of sp³-hybridized carbons (Fsp3) is 0.333. The second kappa shape index (κ2) is 6.63. The second-order valence-corrected chi connectivity index (χ2v) is 5.24. The number of ether oxygens (including phenoxy) is 1. The molecule has 2 N–H and O–H groups in total. The first-order chi connectivity index (χ1) is 10.0. The number of hydrogen-bond acceptors (Lipinski definition) is 3. The van der Waals surface area contributed by atoms with Crippen LogP contribution in [0.25, 0.3) is 0 Å². The maximum Gasteiger partial charge on any atom is 0.307 e. The highest BCUT2D eigenvalue weighted by Gasteiger charge is 2.33. The predicted octanol–water partition coefficient (Wildman–Crippen LogP) is 2.95. The van der Waals surface area contributed by atoms with Crippen LogP contribution in [-0.2, 0) is 9.59 Å². The molecule has 0 spiro atoms. The van der Waals surface area contributed by atoms with E-state index in [1.807, 2.05) is 6.08 Å². The molecule has 0 heterocycles. The molecule has 1 aromatic rings. The highest BCUT2D eigenvalue weighted by Crippen LogP contribution is 2.30. The van der Waals surface area contributed by atoms with Crippen molar-refractivity contribution in [2.45, 2.75) is 12.8 Å². The molecular formula is C15H16ClNO4. The van der Waals surface area contributed by atoms with E-state index in [1.54, 1.807) is 24.3 Å². The standard InChI is InChI=1S/C15H16ClNO4/c1-21-13-8-9(6-7-12(13)16)17-14(18)10-4-2-3-5-11(10)15(19)20/h2-3,6-8,10-11H,4-5H2,1H3,(H,17,18)(H,19,20). The topological polar surface area (TPSA) is 75.6 Å². The number of nitrogens with one attached hydrogen (secondary N) is 1. The Morgan fingerprint density at radius 1 is 1.29 bits per heavy atom. The third kappa shape index (κ3) is 3.55. The number of hydrogen-bond donors (Lipinski definition) is 2. The molecular weight excluding hydrogens is 294 g/mol. The zero-order valence-corrected chi connectivity index (χ0v) is 12.3. The van der Waals surface area contributed by atoms with Crippen molar-refractivity contribution >= 4 is 29.2 Å². The van der Waals surface area contributed by atoms with Gasteiger partial charge in [-0.15, -0.1) is 0 Å². The van der Waals surface area contributed by atoms with Crippen LogP contribution in [0.3, 0.4) is 0 Å². The van der Waals surface area contributed by atoms with Crippen LogP contribution < -0.4 is 10.1 Å². The van der Waals surface area contributed by atoms with E-state index in [0.717, 1.165) is 0 Å². The van der Waals surface area contributed by atoms with Gasteiger partial charge < -0.3 is 15.2 Å². The number of carboxylic acid groups (broad SMARTS) is 1. The van der Waals surface area contributed by atoms with Crippen molar-refractivity contribution in [3.8, 4) is 5.75 Å². The van der Waals surface area contributed by atoms with Gasteiger partial charge >= 0.3 is 5.97 Å². The molecule has 112 valence electrons. The molecule has 0 aliphatic heterocycles. The average molecular weight is 310 g/mol. The third-order valence-corrected chi connectivity index (χ3v) is 3.82. The van der Waals surface area contributed by atoms with Gasteiger partial charge in [0.05, 0.1) is 24.0 Å². The van der Waals surface area contributed by atoms with Crippen LogP contribution in [-0.4, -0.2) is 24.1 Å². The number of amides is 1. The number of carbonyl (C=O) groups is 2. The molecule has 2 rings (SSSR count). The summed E-state index contributed by atoms with van der Waals surface area (Å²) in [5.74, 6) is -2.07. The minimum atomic E-state index is -0.951. The van der Waals surface area contributed by atoms with Gasteiger partial charge in [0.15, 0.2) is 0 Å². The van der Waals surface area contributed by atoms with E-state index >= 15 is 0 Å². The van der Waals surface area contributed by atoms with E-state index < -0.39 is 17.8 Å². The Balaban J connectivity index is 2.13. The van der Waals surface area contributed by atoms with Crippen molar-refractivity contribution in [1.29, 1.82) is 0 Å². The highest BCUT2D eigenvalue weighted by molar-refractivity contribution is 6.32. The second-order valence-electron chi connectivity index (χ2n) is 4.83. The first-order valence-electron chi connectivity index (χ1n) is 6.55. The smallest absolute Gasteiger partial charge is 0.307 e. The van der Waals surface area contributed by atoms with Gasteiger partial charge in [0.1, 0.15) is 5.75 Å². The van der Waals surface area contributed by atoms with E-state index in [1.165, 1.54) is 7.11 Å². The molecule has 0 saturated heterocycles. The lowest BCUT2D eigenvalue weighted by molar-refractivity contribution is -0.146. The number of methoxy groups -OCH3 is 1. The average Bonchev–Trinajstić information content (AvgIpc) is 2.49. The maximum absolute atomic E-state index is 12.3. The Labute approximate surface area is 127 Å². The Kier molecular flexibility index (Phi) is 4.85. The number of carboxylic acids is 1. The zero-order valence-electron chi connectivity index (χ0n) is 11.5. The van der Waals surface area contributed by atoms with Crippen LogP contribution >= 0.6 is 11.6 Å². The van der Waals surface area contributed by atoms with Gasteiger partial charge in [-0.25, -0.2) is 0 Å². The number of halogens is 1. The summed E-state index contributed by atoms with van der Waals surface area (Å²) in [4.78, 5) is 23.5. The Bertz CT molecular complexity index is 585. The summed E-state index contributed by atoms with van der Waals surface area (Å²) in [5, 5.41) is 12.4. The van der Waals surface area contributed by atoms with Crippen molar-refractivity contribution < 1.29 is 19.4 Å². The van der Waals surface area contributed by atoms with E-state index in [4.69, 9.17) is 16.3 Å². The summed E-state index contributed by atoms with van der Waals surface area (Å²) in [7, 11) is 1.49. The number of anilines is 1. The SMILES string of the molecule is COc1cc(NC(=O)C2CC=CCC2C(=O)O)ccc1Cl. The molecule has 6 heteroatoms. The normalized spacial score (nSPS) is 20.9. The van der Waals surface area contributed by atoms with Crippen LogP contribution in [0.5, 0.6) is 5.75 Å². The highest BCUT2D eigenvalue weighted by atomic mass is 35.5. The molecule has 1 aliphatic rings. The molecule has 0 saturated carbocycles. The van der Waals surface area contributed by atoms with Gasteiger partial charge in [0.25, 0.3) is 0 Å². The Morgan fingerprint density at radius 3 is 2.57 bits per heavy atom. The first-order valence-corrected chi connectivity index (χ1v) is 6.93. The number of rotatable bonds is 4. The van der Waals surface area contributed by atoms with Crippen molar-refractivity contribution in [2.24, 2.45) is 11.8 Å². The molecule has 0 fully saturated rings. The maximum atomic E-state index is 12.3. The van der Waals surface area contributed by atoms with Gasteiger partial charge in [-0.1, -0.05) is 23.8 Å². The number of aliphatic carboxylic acids is 1. The molecule has 21 heavy (non-hydrogen) atoms. The van der Waals surface area contributed by atoms with Crippen LogP contribution in [0.4, 0.5) is 5.69 Å². The van der Waals surface area contributed by atoms with Crippen LogP contribution in [0.1, 0.15) is 12.8 Å². The first kappa shape index (κ1) is 15.4. The Morgan fingerprint density at radius 2 is 1.95 bits per heavy atom. The lowest BCUT2D eigenvalue weighted by Gasteiger charge is -2.24. The number of allylic oxidation sites excluding steroid dienone is 2. The number of carbonyl (C=O) groups excluding carboxylic acids is 1. The van der Waals surface area contributed by atoms with Crippen molar-refractivity contribution in [1.82, 2.24) is 0 Å². The van der Waals surface area contributed by atoms with Crippen LogP contribution in [0.15, 0.2) is 30.4 Å². The summed E-state index contributed by atoms with van der Waals surface area (Å²) in [6.45, 7) is 0. The molecule has 1 aliphatic carbocycles. The van der Waals surface area contributed by atoms with Gasteiger partial charge in [-0.2, -0.15) is 0 Å². The van der Waals surface area contributed by atoms with Crippen molar-refractivity contribution in [2.75, 3.05) is 12.4 Å². The lowest BCUT2D eigenvalue weighted by atomic mass is 9.82. The lowest BCUT2D eigenvalue weighted by Crippen LogP contribution is -2.34. The van der Waals surface area contributed by atoms with Crippen molar-refractivity contribution in [3.63, 3.8) is 0 Å². The van der Waals surface area contributed by atoms with E-state index in [2.05, 4.69) is 5.32 Å². The van der Waals surface area contributed by atoms with Gasteiger partial charge in [-0.3, -0.25) is 9.59 Å². The summed E-state index contributed by atoms with van der Waals surface area (Å²) >= 11 is 5.92. The van der Waals surface area contributed by atoms with Gasteiger partial charge in [-0.05, 0) is 25.0 Å².